The number of carbonyl (C=O) groups excluding carboxylic acids is 1. The molecule has 0 fully saturated rings. The number of benzene rings is 1. The summed E-state index contributed by atoms with van der Waals surface area (Å²) in [6.07, 6.45) is 1.77. The molecule has 2 aliphatic heterocycles. The van der Waals surface area contributed by atoms with Crippen molar-refractivity contribution in [3.8, 4) is 22.2 Å². The van der Waals surface area contributed by atoms with Crippen LogP contribution >= 0.6 is 23.1 Å². The fourth-order valence-corrected chi connectivity index (χ4v) is 4.73. The highest BCUT2D eigenvalue weighted by molar-refractivity contribution is 7.99. The molecule has 2 aliphatic rings. The van der Waals surface area contributed by atoms with Gasteiger partial charge in [0.15, 0.2) is 17.3 Å². The molecule has 8 nitrogen and oxygen atoms in total. The van der Waals surface area contributed by atoms with Crippen LogP contribution in [0.3, 0.4) is 0 Å². The van der Waals surface area contributed by atoms with E-state index in [2.05, 4.69) is 10.2 Å². The van der Waals surface area contributed by atoms with E-state index in [1.165, 1.54) is 11.8 Å². The van der Waals surface area contributed by atoms with E-state index in [1.54, 1.807) is 29.0 Å². The lowest BCUT2D eigenvalue weighted by molar-refractivity contribution is -0.137. The summed E-state index contributed by atoms with van der Waals surface area (Å²) in [6, 6.07) is 9.49. The number of nitrogens with zero attached hydrogens (tertiary/aromatic N) is 4. The van der Waals surface area contributed by atoms with Crippen molar-refractivity contribution in [2.75, 3.05) is 25.6 Å². The fraction of sp³-hybridized carbons (Fsp3) is 0.238. The van der Waals surface area contributed by atoms with Crippen LogP contribution in [0.4, 0.5) is 0 Å². The van der Waals surface area contributed by atoms with Gasteiger partial charge in [0, 0.05) is 5.75 Å². The summed E-state index contributed by atoms with van der Waals surface area (Å²) in [7, 11) is 0. The number of fused-ring (bicyclic) bond motifs is 2. The van der Waals surface area contributed by atoms with Gasteiger partial charge in [0.05, 0.1) is 22.8 Å². The number of thiophene rings is 1. The van der Waals surface area contributed by atoms with E-state index >= 15 is 0 Å². The van der Waals surface area contributed by atoms with Crippen LogP contribution in [-0.2, 0) is 9.53 Å². The Morgan fingerprint density at radius 2 is 2.10 bits per heavy atom. The molecule has 0 atom stereocenters. The van der Waals surface area contributed by atoms with Crippen LogP contribution in [0, 0.1) is 0 Å². The van der Waals surface area contributed by atoms with Gasteiger partial charge < -0.3 is 14.2 Å². The van der Waals surface area contributed by atoms with E-state index in [0.29, 0.717) is 52.7 Å². The lowest BCUT2D eigenvalue weighted by Crippen LogP contribution is -2.22. The third-order valence-corrected chi connectivity index (χ3v) is 6.39. The normalized spacial score (nSPS) is 15.3. The van der Waals surface area contributed by atoms with Crippen LogP contribution < -0.4 is 9.47 Å². The third kappa shape index (κ3) is 3.96. The van der Waals surface area contributed by atoms with Crippen LogP contribution in [0.5, 0.6) is 11.5 Å². The fourth-order valence-electron chi connectivity index (χ4n) is 3.20. The van der Waals surface area contributed by atoms with E-state index in [4.69, 9.17) is 19.3 Å². The number of thioether (sulfide) groups is 1. The Bertz CT molecular complexity index is 1180. The van der Waals surface area contributed by atoms with E-state index in [1.807, 2.05) is 35.7 Å². The van der Waals surface area contributed by atoms with E-state index < -0.39 is 5.97 Å². The first-order chi connectivity index (χ1) is 15.2. The predicted octanol–water partition coefficient (Wildman–Crippen LogP) is 3.73. The van der Waals surface area contributed by atoms with Crippen molar-refractivity contribution in [3.63, 3.8) is 0 Å². The van der Waals surface area contributed by atoms with Crippen molar-refractivity contribution in [1.82, 2.24) is 14.9 Å². The summed E-state index contributed by atoms with van der Waals surface area (Å²) in [5.41, 5.74) is 1.79. The topological polar surface area (TPSA) is 87.8 Å². The molecule has 0 spiro atoms. The number of carbonyl (C=O) groups is 1. The molecule has 0 amide bonds. The molecule has 0 radical (unpaired) electrons. The van der Waals surface area contributed by atoms with Gasteiger partial charge in [-0.05, 0) is 42.1 Å². The van der Waals surface area contributed by atoms with Crippen LogP contribution in [0.2, 0.25) is 0 Å². The van der Waals surface area contributed by atoms with Crippen LogP contribution in [0.15, 0.2) is 51.5 Å². The summed E-state index contributed by atoms with van der Waals surface area (Å²) in [5.74, 6) is 2.06. The molecule has 0 aliphatic carbocycles. The predicted molar refractivity (Wildman–Crippen MR) is 119 cm³/mol. The largest absolute Gasteiger partial charge is 0.486 e. The van der Waals surface area contributed by atoms with Gasteiger partial charge in [0.1, 0.15) is 13.2 Å². The average molecular weight is 455 g/mol. The van der Waals surface area contributed by atoms with Crippen molar-refractivity contribution >= 4 is 40.9 Å². The molecule has 0 saturated carbocycles. The molecule has 0 N–H and O–H groups in total. The van der Waals surface area contributed by atoms with E-state index in [9.17, 15) is 4.79 Å². The standard InChI is InChI=1S/C21H18N4O4S2/c1-2-27-20(26)14(10-13-5-6-16-17(11-13)29-8-7-28-16)15-12-31-21-23-22-19(25(21)24-15)18-4-3-9-30-18/h3-6,9-11H,2,7-8,12H2,1H3/b14-10-. The summed E-state index contributed by atoms with van der Waals surface area (Å²) >= 11 is 3.04. The SMILES string of the molecule is CCOC(=O)/C(=C\c1ccc2c(c1)OCCO2)C1=Nn2c(nnc2-c2cccs2)SC1. The Balaban J connectivity index is 1.56. The number of aromatic nitrogens is 3. The maximum absolute atomic E-state index is 12.8. The lowest BCUT2D eigenvalue weighted by Gasteiger charge is -2.19. The first kappa shape index (κ1) is 19.8. The van der Waals surface area contributed by atoms with Crippen molar-refractivity contribution in [1.29, 1.82) is 0 Å². The molecule has 4 heterocycles. The zero-order valence-electron chi connectivity index (χ0n) is 16.6. The Kier molecular flexibility index (Phi) is 5.47. The van der Waals surface area contributed by atoms with Gasteiger partial charge in [0.2, 0.25) is 5.16 Å². The summed E-state index contributed by atoms with van der Waals surface area (Å²) in [5, 5.41) is 15.9. The zero-order chi connectivity index (χ0) is 21.2. The smallest absolute Gasteiger partial charge is 0.340 e. The molecule has 10 heteroatoms. The average Bonchev–Trinajstić information content (AvgIpc) is 3.46. The first-order valence-corrected chi connectivity index (χ1v) is 11.6. The van der Waals surface area contributed by atoms with Crippen LogP contribution in [0.1, 0.15) is 12.5 Å². The Labute approximate surface area is 186 Å². The van der Waals surface area contributed by atoms with Gasteiger partial charge in [-0.1, -0.05) is 23.9 Å². The minimum absolute atomic E-state index is 0.274. The monoisotopic (exact) mass is 454 g/mol. The Morgan fingerprint density at radius 1 is 1.23 bits per heavy atom. The molecule has 158 valence electrons. The van der Waals surface area contributed by atoms with Crippen molar-refractivity contribution in [2.45, 2.75) is 12.1 Å². The molecule has 5 rings (SSSR count). The third-order valence-electron chi connectivity index (χ3n) is 4.60. The molecule has 0 unspecified atom stereocenters. The summed E-state index contributed by atoms with van der Waals surface area (Å²) in [6.45, 7) is 3.08. The van der Waals surface area contributed by atoms with E-state index in [0.717, 1.165) is 10.4 Å². The second kappa shape index (κ2) is 8.56. The van der Waals surface area contributed by atoms with Gasteiger partial charge in [-0.3, -0.25) is 0 Å². The quantitative estimate of drug-likeness (QED) is 0.429. The minimum Gasteiger partial charge on any atom is -0.486 e. The highest BCUT2D eigenvalue weighted by atomic mass is 32.2. The maximum atomic E-state index is 12.8. The molecular weight excluding hydrogens is 436 g/mol. The molecular formula is C21H18N4O4S2. The van der Waals surface area contributed by atoms with Gasteiger partial charge >= 0.3 is 5.97 Å². The number of hydrogen-bond donors (Lipinski definition) is 0. The van der Waals surface area contributed by atoms with Crippen LogP contribution in [0.25, 0.3) is 16.8 Å². The van der Waals surface area contributed by atoms with Gasteiger partial charge in [-0.25, -0.2) is 4.79 Å². The van der Waals surface area contributed by atoms with E-state index in [-0.39, 0.29) is 6.61 Å². The minimum atomic E-state index is -0.425. The first-order valence-electron chi connectivity index (χ1n) is 9.71. The second-order valence-electron chi connectivity index (χ2n) is 6.61. The lowest BCUT2D eigenvalue weighted by atomic mass is 10.1. The molecule has 0 bridgehead atoms. The number of hydrogen-bond acceptors (Lipinski definition) is 9. The molecule has 3 aromatic rings. The molecule has 0 saturated heterocycles. The summed E-state index contributed by atoms with van der Waals surface area (Å²) in [4.78, 5) is 13.8. The Hall–Kier alpha value is -3.11. The van der Waals surface area contributed by atoms with Gasteiger partial charge in [0.25, 0.3) is 0 Å². The van der Waals surface area contributed by atoms with Crippen LogP contribution in [-0.4, -0.2) is 52.1 Å². The number of ether oxygens (including phenoxy) is 3. The van der Waals surface area contributed by atoms with Crippen molar-refractivity contribution in [3.05, 3.63) is 46.8 Å². The zero-order valence-corrected chi connectivity index (χ0v) is 18.2. The highest BCUT2D eigenvalue weighted by Gasteiger charge is 2.26. The number of esters is 1. The highest BCUT2D eigenvalue weighted by Crippen LogP contribution is 2.33. The Morgan fingerprint density at radius 3 is 2.90 bits per heavy atom. The summed E-state index contributed by atoms with van der Waals surface area (Å²) < 4.78 is 18.3. The van der Waals surface area contributed by atoms with Gasteiger partial charge in [-0.15, -0.1) is 21.5 Å². The second-order valence-corrected chi connectivity index (χ2v) is 8.50. The molecule has 31 heavy (non-hydrogen) atoms. The van der Waals surface area contributed by atoms with Gasteiger partial charge in [-0.2, -0.15) is 9.78 Å². The molecule has 2 aromatic heterocycles. The number of rotatable bonds is 5. The molecule has 1 aromatic carbocycles. The van der Waals surface area contributed by atoms with Crippen molar-refractivity contribution < 1.29 is 19.0 Å². The maximum Gasteiger partial charge on any atom is 0.340 e. The van der Waals surface area contributed by atoms with Crippen molar-refractivity contribution in [2.24, 2.45) is 5.10 Å².